The van der Waals surface area contributed by atoms with Crippen molar-refractivity contribution in [2.24, 2.45) is 0 Å². The van der Waals surface area contributed by atoms with Gasteiger partial charge in [-0.2, -0.15) is 0 Å². The van der Waals surface area contributed by atoms with E-state index in [4.69, 9.17) is 9.72 Å². The average Bonchev–Trinajstić information content (AvgIpc) is 3.50. The lowest BCUT2D eigenvalue weighted by atomic mass is 9.84. The third-order valence-electron chi connectivity index (χ3n) is 7.57. The number of anilines is 1. The third kappa shape index (κ3) is 2.95. The van der Waals surface area contributed by atoms with Gasteiger partial charge in [0.25, 0.3) is 5.56 Å². The van der Waals surface area contributed by atoms with E-state index in [1.165, 1.54) is 0 Å². The van der Waals surface area contributed by atoms with Crippen molar-refractivity contribution in [2.45, 2.75) is 58.0 Å². The fourth-order valence-electron chi connectivity index (χ4n) is 5.67. The smallest absolute Gasteiger partial charge is 0.343 e. The number of nitrogens with zero attached hydrogens (tertiary/aromatic N) is 3. The number of para-hydroxylation sites is 1. The van der Waals surface area contributed by atoms with Crippen LogP contribution in [0.3, 0.4) is 0 Å². The molecule has 2 N–H and O–H groups in total. The number of aromatic nitrogens is 2. The van der Waals surface area contributed by atoms with Gasteiger partial charge < -0.3 is 19.7 Å². The van der Waals surface area contributed by atoms with Crippen LogP contribution in [-0.4, -0.2) is 44.8 Å². The molecule has 1 aromatic carbocycles. The van der Waals surface area contributed by atoms with E-state index < -0.39 is 11.6 Å². The molecule has 6 rings (SSSR count). The lowest BCUT2D eigenvalue weighted by molar-refractivity contribution is -0.172. The van der Waals surface area contributed by atoms with Crippen LogP contribution in [0.25, 0.3) is 22.3 Å². The van der Waals surface area contributed by atoms with Gasteiger partial charge in [0.15, 0.2) is 5.60 Å². The van der Waals surface area contributed by atoms with Crippen molar-refractivity contribution in [1.82, 2.24) is 14.5 Å². The van der Waals surface area contributed by atoms with Gasteiger partial charge >= 0.3 is 5.97 Å². The van der Waals surface area contributed by atoms with E-state index in [9.17, 15) is 14.7 Å². The summed E-state index contributed by atoms with van der Waals surface area (Å²) in [5, 5.41) is 16.1. The number of ether oxygens (including phenoxy) is 1. The average molecular weight is 461 g/mol. The molecule has 2 atom stereocenters. The van der Waals surface area contributed by atoms with Crippen LogP contribution >= 0.6 is 0 Å². The minimum atomic E-state index is -1.89. The first kappa shape index (κ1) is 21.3. The minimum Gasteiger partial charge on any atom is -0.458 e. The summed E-state index contributed by atoms with van der Waals surface area (Å²) in [4.78, 5) is 33.7. The number of rotatable bonds is 4. The summed E-state index contributed by atoms with van der Waals surface area (Å²) >= 11 is 0. The Balaban J connectivity index is 1.64. The van der Waals surface area contributed by atoms with E-state index in [-0.39, 0.29) is 24.8 Å². The second kappa shape index (κ2) is 7.65. The topological polar surface area (TPSA) is 96.7 Å². The summed E-state index contributed by atoms with van der Waals surface area (Å²) in [6.07, 6.45) is 2.33. The molecule has 3 aliphatic rings. The molecule has 8 heteroatoms. The fraction of sp³-hybridized carbons (Fsp3) is 0.423. The van der Waals surface area contributed by atoms with Crippen LogP contribution in [0.1, 0.15) is 49.8 Å². The Morgan fingerprint density at radius 3 is 2.76 bits per heavy atom. The molecule has 0 saturated carbocycles. The Morgan fingerprint density at radius 1 is 1.24 bits per heavy atom. The molecule has 0 aliphatic carbocycles. The SMILES string of the molecule is CC[C@@]1(O)C(=O)OCc2c1c(NC(C)N1CCCC1)c1n(c2=O)Cc2cc3ccccc3nc2-1. The molecule has 3 aromatic rings. The zero-order valence-corrected chi connectivity index (χ0v) is 19.4. The normalized spacial score (nSPS) is 22.3. The number of carbonyl (C=O) groups excluding carboxylic acids is 1. The van der Waals surface area contributed by atoms with Crippen LogP contribution in [0.15, 0.2) is 35.1 Å². The fourth-order valence-corrected chi connectivity index (χ4v) is 5.67. The molecule has 0 spiro atoms. The van der Waals surface area contributed by atoms with Gasteiger partial charge in [-0.15, -0.1) is 0 Å². The minimum absolute atomic E-state index is 0.0441. The van der Waals surface area contributed by atoms with Crippen molar-refractivity contribution in [1.29, 1.82) is 0 Å². The van der Waals surface area contributed by atoms with E-state index in [1.807, 2.05) is 24.3 Å². The van der Waals surface area contributed by atoms with Crippen molar-refractivity contribution < 1.29 is 14.6 Å². The van der Waals surface area contributed by atoms with Gasteiger partial charge in [0.2, 0.25) is 0 Å². The molecule has 1 saturated heterocycles. The lowest BCUT2D eigenvalue weighted by Gasteiger charge is -2.36. The Bertz CT molecular complexity index is 1390. The second-order valence-corrected chi connectivity index (χ2v) is 9.51. The van der Waals surface area contributed by atoms with E-state index in [2.05, 4.69) is 23.2 Å². The first-order valence-corrected chi connectivity index (χ1v) is 12.0. The standard InChI is InChI=1S/C26H28N4O4/c1-3-26(33)20-18(14-34-25(26)32)24(31)30-13-17-12-16-8-4-5-9-19(16)28-21(17)23(30)22(20)27-15(2)29-10-6-7-11-29/h4-5,8-9,12,15,27,33H,3,6-7,10-11,13-14H2,1-2H3/t15?,26-/m0/s1. The number of likely N-dealkylation sites (tertiary alicyclic amines) is 1. The zero-order valence-electron chi connectivity index (χ0n) is 19.4. The van der Waals surface area contributed by atoms with E-state index in [0.29, 0.717) is 34.7 Å². The van der Waals surface area contributed by atoms with Gasteiger partial charge in [0.05, 0.1) is 40.9 Å². The number of carbonyl (C=O) groups is 1. The number of hydrogen-bond donors (Lipinski definition) is 2. The first-order chi connectivity index (χ1) is 16.4. The van der Waals surface area contributed by atoms with Crippen LogP contribution in [0.4, 0.5) is 5.69 Å². The van der Waals surface area contributed by atoms with Crippen LogP contribution < -0.4 is 10.9 Å². The van der Waals surface area contributed by atoms with Gasteiger partial charge in [0, 0.05) is 29.6 Å². The molecule has 3 aliphatic heterocycles. The van der Waals surface area contributed by atoms with Gasteiger partial charge in [0.1, 0.15) is 6.61 Å². The van der Waals surface area contributed by atoms with Crippen LogP contribution in [-0.2, 0) is 28.3 Å². The van der Waals surface area contributed by atoms with E-state index >= 15 is 0 Å². The maximum Gasteiger partial charge on any atom is 0.343 e. The number of cyclic esters (lactones) is 1. The number of pyridine rings is 2. The molecule has 0 amide bonds. The molecular formula is C26H28N4O4. The largest absolute Gasteiger partial charge is 0.458 e. The van der Waals surface area contributed by atoms with E-state index in [0.717, 1.165) is 42.4 Å². The highest BCUT2D eigenvalue weighted by Crippen LogP contribution is 2.45. The van der Waals surface area contributed by atoms with Gasteiger partial charge in [-0.1, -0.05) is 25.1 Å². The molecule has 5 heterocycles. The molecule has 1 unspecified atom stereocenters. The summed E-state index contributed by atoms with van der Waals surface area (Å²) in [6, 6.07) is 9.95. The van der Waals surface area contributed by atoms with Crippen molar-refractivity contribution in [3.05, 3.63) is 57.4 Å². The summed E-state index contributed by atoms with van der Waals surface area (Å²) in [6.45, 7) is 6.01. The first-order valence-electron chi connectivity index (χ1n) is 12.0. The van der Waals surface area contributed by atoms with Gasteiger partial charge in [-0.25, -0.2) is 9.78 Å². The van der Waals surface area contributed by atoms with E-state index in [1.54, 1.807) is 11.5 Å². The molecule has 1 fully saturated rings. The van der Waals surface area contributed by atoms with Crippen molar-refractivity contribution in [3.63, 3.8) is 0 Å². The molecule has 34 heavy (non-hydrogen) atoms. The number of fused-ring (bicyclic) bond motifs is 5. The van der Waals surface area contributed by atoms with Crippen LogP contribution in [0, 0.1) is 0 Å². The summed E-state index contributed by atoms with van der Waals surface area (Å²) in [7, 11) is 0. The Labute approximate surface area is 197 Å². The van der Waals surface area contributed by atoms with Gasteiger partial charge in [-0.3, -0.25) is 9.69 Å². The molecular weight excluding hydrogens is 432 g/mol. The third-order valence-corrected chi connectivity index (χ3v) is 7.57. The molecule has 2 aromatic heterocycles. The summed E-state index contributed by atoms with van der Waals surface area (Å²) in [5.74, 6) is -0.714. The van der Waals surface area contributed by atoms with Gasteiger partial charge in [-0.05, 0) is 38.3 Å². The maximum atomic E-state index is 13.7. The summed E-state index contributed by atoms with van der Waals surface area (Å²) in [5.41, 5.74) is 2.28. The van der Waals surface area contributed by atoms with Crippen LogP contribution in [0.5, 0.6) is 0 Å². The molecule has 0 bridgehead atoms. The Morgan fingerprint density at radius 2 is 2.00 bits per heavy atom. The highest BCUT2D eigenvalue weighted by Gasteiger charge is 2.48. The maximum absolute atomic E-state index is 13.7. The number of nitrogens with one attached hydrogen (secondary N) is 1. The quantitative estimate of drug-likeness (QED) is 0.452. The highest BCUT2D eigenvalue weighted by atomic mass is 16.6. The Hall–Kier alpha value is -3.23. The molecule has 0 radical (unpaired) electrons. The molecule has 8 nitrogen and oxygen atoms in total. The number of hydrogen-bond acceptors (Lipinski definition) is 7. The number of esters is 1. The number of benzene rings is 1. The highest BCUT2D eigenvalue weighted by molar-refractivity contribution is 5.92. The number of aliphatic hydroxyl groups is 1. The van der Waals surface area contributed by atoms with Crippen molar-refractivity contribution in [2.75, 3.05) is 18.4 Å². The monoisotopic (exact) mass is 460 g/mol. The second-order valence-electron chi connectivity index (χ2n) is 9.51. The predicted octanol–water partition coefficient (Wildman–Crippen LogP) is 2.93. The van der Waals surface area contributed by atoms with Crippen molar-refractivity contribution >= 4 is 22.6 Å². The lowest BCUT2D eigenvalue weighted by Crippen LogP contribution is -2.46. The summed E-state index contributed by atoms with van der Waals surface area (Å²) < 4.78 is 7.01. The van der Waals surface area contributed by atoms with Crippen LogP contribution in [0.2, 0.25) is 0 Å². The predicted molar refractivity (Wildman–Crippen MR) is 128 cm³/mol. The van der Waals surface area contributed by atoms with Crippen molar-refractivity contribution in [3.8, 4) is 11.4 Å². The molecule has 176 valence electrons. The Kier molecular flexibility index (Phi) is 4.79. The zero-order chi connectivity index (χ0) is 23.6.